The van der Waals surface area contributed by atoms with Gasteiger partial charge in [0.15, 0.2) is 17.5 Å². The molecule has 9 rings (SSSR count). The van der Waals surface area contributed by atoms with Crippen LogP contribution in [0.4, 0.5) is 0 Å². The van der Waals surface area contributed by atoms with Gasteiger partial charge in [0.1, 0.15) is 11.2 Å². The first-order chi connectivity index (χ1) is 26.0. The number of benzene rings is 7. The highest BCUT2D eigenvalue weighted by molar-refractivity contribution is 6.14. The number of aromatic nitrogens is 3. The first-order valence-electron chi connectivity index (χ1n) is 18.8. The Kier molecular flexibility index (Phi) is 4.07. The summed E-state index contributed by atoms with van der Waals surface area (Å²) in [6, 6.07) is 27.2. The van der Waals surface area contributed by atoms with Gasteiger partial charge in [-0.3, -0.25) is 0 Å². The summed E-state index contributed by atoms with van der Waals surface area (Å²) in [5.74, 6) is -0.185. The van der Waals surface area contributed by atoms with Crippen LogP contribution in [0.25, 0.3) is 88.8 Å². The molecule has 0 radical (unpaired) electrons. The minimum Gasteiger partial charge on any atom is -0.456 e. The van der Waals surface area contributed by atoms with E-state index in [2.05, 4.69) is 40.3 Å². The lowest BCUT2D eigenvalue weighted by atomic mass is 9.93. The molecular formula is C41H25N3O. The predicted octanol–water partition coefficient (Wildman–Crippen LogP) is 10.7. The van der Waals surface area contributed by atoms with Crippen LogP contribution in [0.3, 0.4) is 0 Å². The fraction of sp³-hybridized carbons (Fsp3) is 0. The second-order valence-electron chi connectivity index (χ2n) is 10.5. The van der Waals surface area contributed by atoms with Gasteiger partial charge in [0, 0.05) is 27.5 Å². The fourth-order valence-electron chi connectivity index (χ4n) is 5.88. The number of hydrogen-bond acceptors (Lipinski definition) is 4. The number of para-hydroxylation sites is 1. The number of nitrogens with zero attached hydrogens (tertiary/aromatic N) is 3. The zero-order valence-electron chi connectivity index (χ0n) is 32.5. The molecule has 0 bridgehead atoms. The van der Waals surface area contributed by atoms with E-state index in [4.69, 9.17) is 21.7 Å². The second kappa shape index (κ2) is 10.2. The third-order valence-corrected chi connectivity index (χ3v) is 7.93. The van der Waals surface area contributed by atoms with Crippen LogP contribution in [-0.2, 0) is 0 Å². The fourth-order valence-corrected chi connectivity index (χ4v) is 5.88. The summed E-state index contributed by atoms with van der Waals surface area (Å²) in [4.78, 5) is 14.1. The normalized spacial score (nSPS) is 14.4. The molecule has 4 nitrogen and oxygen atoms in total. The van der Waals surface area contributed by atoms with Crippen molar-refractivity contribution in [3.05, 3.63) is 151 Å². The van der Waals surface area contributed by atoms with Gasteiger partial charge in [0.2, 0.25) is 0 Å². The maximum atomic E-state index is 9.02. The summed E-state index contributed by atoms with van der Waals surface area (Å²) in [5, 5.41) is 5.01. The topological polar surface area (TPSA) is 51.8 Å². The molecule has 0 aliphatic rings. The maximum absolute atomic E-state index is 9.02. The molecule has 210 valence electrons. The van der Waals surface area contributed by atoms with Crippen molar-refractivity contribution in [1.82, 2.24) is 15.0 Å². The van der Waals surface area contributed by atoms with E-state index in [0.29, 0.717) is 10.9 Å². The van der Waals surface area contributed by atoms with Gasteiger partial charge in [-0.1, -0.05) is 133 Å². The highest BCUT2D eigenvalue weighted by Crippen LogP contribution is 2.38. The lowest BCUT2D eigenvalue weighted by Gasteiger charge is -2.12. The van der Waals surface area contributed by atoms with Crippen molar-refractivity contribution in [3.8, 4) is 45.3 Å². The van der Waals surface area contributed by atoms with Gasteiger partial charge in [-0.05, 0) is 50.8 Å². The van der Waals surface area contributed by atoms with E-state index in [1.165, 1.54) is 18.2 Å². The molecule has 7 aromatic carbocycles. The molecule has 45 heavy (non-hydrogen) atoms. The van der Waals surface area contributed by atoms with Crippen LogP contribution in [0.5, 0.6) is 0 Å². The number of fused-ring (bicyclic) bond motifs is 6. The minimum absolute atomic E-state index is 0.0264. The zero-order chi connectivity index (χ0) is 37.6. The van der Waals surface area contributed by atoms with Gasteiger partial charge in [-0.25, -0.2) is 15.0 Å². The predicted molar refractivity (Wildman–Crippen MR) is 184 cm³/mol. The van der Waals surface area contributed by atoms with E-state index < -0.39 is 30.2 Å². The van der Waals surface area contributed by atoms with E-state index in [1.54, 1.807) is 0 Å². The Labute approximate surface area is 271 Å². The molecule has 0 atom stereocenters. The van der Waals surface area contributed by atoms with Crippen molar-refractivity contribution in [2.45, 2.75) is 0 Å². The average Bonchev–Trinajstić information content (AvgIpc) is 3.56. The van der Waals surface area contributed by atoms with E-state index in [0.717, 1.165) is 32.7 Å². The Balaban J connectivity index is 1.30. The molecule has 2 heterocycles. The standard InChI is InChI=1S/C41H25N3O/c1-2-11-27(12-3-1)39-42-40(44-41(43-39)34-18-10-20-37-38(34)33-17-8-9-19-36(33)45-37)28-23-21-26(22-24-28)35-25-29-13-4-5-14-30(29)31-15-6-7-16-32(31)35/h1-25H/i1D,2D,3D,8D,11D,12D,18D,19D,20D. The number of rotatable bonds is 4. The van der Waals surface area contributed by atoms with E-state index in [9.17, 15) is 0 Å². The van der Waals surface area contributed by atoms with E-state index in [-0.39, 0.29) is 69.3 Å². The zero-order valence-corrected chi connectivity index (χ0v) is 23.5. The highest BCUT2D eigenvalue weighted by atomic mass is 16.3. The molecule has 0 N–H and O–H groups in total. The summed E-state index contributed by atoms with van der Waals surface area (Å²) in [6.45, 7) is 0. The van der Waals surface area contributed by atoms with Crippen molar-refractivity contribution < 1.29 is 16.8 Å². The molecule has 0 aliphatic carbocycles. The number of furan rings is 1. The van der Waals surface area contributed by atoms with E-state index >= 15 is 0 Å². The number of hydrogen-bond donors (Lipinski definition) is 0. The SMILES string of the molecule is [2H]c1cc([2H])c2oc3c([2H])cc([2H])c(-c4nc(-c5ccc(-c6cc7ccccc7c7ccccc67)cc5)nc(-c5c([2H])c([2H])c([2H])c([2H])c5[2H])n4)c3c2c1. The van der Waals surface area contributed by atoms with Gasteiger partial charge in [-0.2, -0.15) is 0 Å². The van der Waals surface area contributed by atoms with Crippen molar-refractivity contribution in [2.24, 2.45) is 0 Å². The van der Waals surface area contributed by atoms with Gasteiger partial charge < -0.3 is 4.42 Å². The van der Waals surface area contributed by atoms with Crippen LogP contribution in [0.1, 0.15) is 12.3 Å². The van der Waals surface area contributed by atoms with Crippen LogP contribution < -0.4 is 0 Å². The van der Waals surface area contributed by atoms with Crippen molar-refractivity contribution in [1.29, 1.82) is 0 Å². The Morgan fingerprint density at radius 1 is 0.444 bits per heavy atom. The summed E-state index contributed by atoms with van der Waals surface area (Å²) in [6.07, 6.45) is 0. The van der Waals surface area contributed by atoms with Crippen LogP contribution in [0, 0.1) is 0 Å². The third-order valence-electron chi connectivity index (χ3n) is 7.93. The van der Waals surface area contributed by atoms with Crippen molar-refractivity contribution in [3.63, 3.8) is 0 Å². The lowest BCUT2D eigenvalue weighted by molar-refractivity contribution is 0.669. The Morgan fingerprint density at radius 3 is 1.98 bits per heavy atom. The molecule has 0 saturated heterocycles. The quantitative estimate of drug-likeness (QED) is 0.193. The van der Waals surface area contributed by atoms with Crippen LogP contribution in [-0.4, -0.2) is 15.0 Å². The minimum atomic E-state index is -0.566. The molecule has 0 saturated carbocycles. The Bertz CT molecular complexity index is 3030. The monoisotopic (exact) mass is 584 g/mol. The third kappa shape index (κ3) is 4.27. The van der Waals surface area contributed by atoms with Crippen LogP contribution in [0.15, 0.2) is 156 Å². The molecule has 0 spiro atoms. The lowest BCUT2D eigenvalue weighted by Crippen LogP contribution is -2.00. The van der Waals surface area contributed by atoms with E-state index in [1.807, 2.05) is 48.5 Å². The molecule has 0 unspecified atom stereocenters. The Morgan fingerprint density at radius 2 is 1.13 bits per heavy atom. The summed E-state index contributed by atoms with van der Waals surface area (Å²) in [5.41, 5.74) is 2.54. The smallest absolute Gasteiger partial charge is 0.164 e. The highest BCUT2D eigenvalue weighted by Gasteiger charge is 2.18. The second-order valence-corrected chi connectivity index (χ2v) is 10.5. The molecule has 4 heteroatoms. The van der Waals surface area contributed by atoms with Gasteiger partial charge in [0.05, 0.1) is 12.3 Å². The van der Waals surface area contributed by atoms with Gasteiger partial charge in [-0.15, -0.1) is 0 Å². The molecule has 0 fully saturated rings. The molecular weight excluding hydrogens is 550 g/mol. The molecule has 2 aromatic heterocycles. The van der Waals surface area contributed by atoms with Crippen LogP contribution >= 0.6 is 0 Å². The largest absolute Gasteiger partial charge is 0.456 e. The summed E-state index contributed by atoms with van der Waals surface area (Å²) in [7, 11) is 0. The van der Waals surface area contributed by atoms with Crippen molar-refractivity contribution in [2.75, 3.05) is 0 Å². The summed E-state index contributed by atoms with van der Waals surface area (Å²) < 4.78 is 82.5. The van der Waals surface area contributed by atoms with Gasteiger partial charge >= 0.3 is 0 Å². The Hall–Kier alpha value is -6.13. The maximum Gasteiger partial charge on any atom is 0.164 e. The molecule has 0 amide bonds. The van der Waals surface area contributed by atoms with Crippen molar-refractivity contribution >= 4 is 43.5 Å². The molecule has 9 aromatic rings. The average molecular weight is 585 g/mol. The van der Waals surface area contributed by atoms with Crippen LogP contribution in [0.2, 0.25) is 0 Å². The first-order valence-corrected chi connectivity index (χ1v) is 14.3. The molecule has 0 aliphatic heterocycles. The summed E-state index contributed by atoms with van der Waals surface area (Å²) >= 11 is 0. The first kappa shape index (κ1) is 17.9. The van der Waals surface area contributed by atoms with Gasteiger partial charge in [0.25, 0.3) is 0 Å².